The van der Waals surface area contributed by atoms with Gasteiger partial charge in [-0.15, -0.1) is 0 Å². The summed E-state index contributed by atoms with van der Waals surface area (Å²) in [6, 6.07) is 26.2. The lowest BCUT2D eigenvalue weighted by molar-refractivity contribution is 0.301. The highest BCUT2D eigenvalue weighted by Crippen LogP contribution is 2.27. The first-order valence-electron chi connectivity index (χ1n) is 10.1. The van der Waals surface area contributed by atoms with Crippen LogP contribution in [0.2, 0.25) is 0 Å². The lowest BCUT2D eigenvalue weighted by atomic mass is 10.2. The van der Waals surface area contributed by atoms with Crippen molar-refractivity contribution >= 4 is 33.7 Å². The van der Waals surface area contributed by atoms with Crippen molar-refractivity contribution < 1.29 is 13.9 Å². The molecule has 0 spiro atoms. The van der Waals surface area contributed by atoms with Gasteiger partial charge in [0.05, 0.1) is 0 Å². The number of halogens is 1. The second-order valence-corrected chi connectivity index (χ2v) is 8.57. The van der Waals surface area contributed by atoms with Gasteiger partial charge >= 0.3 is 0 Å². The maximum Gasteiger partial charge on any atom is 0.182 e. The highest BCUT2D eigenvalue weighted by atomic mass is 127. The molecule has 1 heterocycles. The largest absolute Gasteiger partial charge is 0.489 e. The molecule has 158 valence electrons. The van der Waals surface area contributed by atoms with Crippen LogP contribution in [-0.4, -0.2) is 4.98 Å². The first kappa shape index (κ1) is 20.5. The standard InChI is InChI=1S/C26H18INO4/c27-19-5-1-17(2-6-19)15-30-21-8-3-18(4-9-21)16-31-22-10-12-24-26(14-22)32-25-13-20(29)7-11-23(25)28-24/h1-14H,15-16H2. The quantitative estimate of drug-likeness (QED) is 0.196. The van der Waals surface area contributed by atoms with Crippen LogP contribution in [0, 0.1) is 3.57 Å². The van der Waals surface area contributed by atoms with Crippen molar-refractivity contribution in [3.8, 4) is 23.0 Å². The van der Waals surface area contributed by atoms with Gasteiger partial charge in [0.1, 0.15) is 35.9 Å². The average molecular weight is 535 g/mol. The SMILES string of the molecule is O=c1ccc2nc3ccc(OCc4ccc(OCc5ccc(I)cc5)cc4)cc3oc-2c1. The van der Waals surface area contributed by atoms with Crippen molar-refractivity contribution in [3.63, 3.8) is 0 Å². The zero-order chi connectivity index (χ0) is 21.9. The third-order valence-corrected chi connectivity index (χ3v) is 5.69. The highest BCUT2D eigenvalue weighted by molar-refractivity contribution is 14.1. The Balaban J connectivity index is 1.24. The number of fused-ring (bicyclic) bond motifs is 2. The predicted molar refractivity (Wildman–Crippen MR) is 131 cm³/mol. The molecule has 1 aliphatic heterocycles. The smallest absolute Gasteiger partial charge is 0.182 e. The van der Waals surface area contributed by atoms with Gasteiger partial charge < -0.3 is 13.9 Å². The fourth-order valence-corrected chi connectivity index (χ4v) is 3.63. The predicted octanol–water partition coefficient (Wildman–Crippen LogP) is 6.06. The summed E-state index contributed by atoms with van der Waals surface area (Å²) >= 11 is 2.29. The second kappa shape index (κ2) is 9.00. The molecule has 0 saturated carbocycles. The van der Waals surface area contributed by atoms with Crippen molar-refractivity contribution in [1.29, 1.82) is 0 Å². The van der Waals surface area contributed by atoms with Gasteiger partial charge in [0.2, 0.25) is 0 Å². The zero-order valence-electron chi connectivity index (χ0n) is 17.0. The topological polar surface area (TPSA) is 61.6 Å². The molecule has 32 heavy (non-hydrogen) atoms. The van der Waals surface area contributed by atoms with Gasteiger partial charge in [-0.25, -0.2) is 4.98 Å². The van der Waals surface area contributed by atoms with Gasteiger partial charge in [-0.05, 0) is 82.2 Å². The van der Waals surface area contributed by atoms with Crippen LogP contribution >= 0.6 is 22.6 Å². The number of hydrogen-bond donors (Lipinski definition) is 0. The van der Waals surface area contributed by atoms with Crippen LogP contribution in [0.1, 0.15) is 11.1 Å². The Kier molecular flexibility index (Phi) is 5.77. The fourth-order valence-electron chi connectivity index (χ4n) is 3.27. The number of aromatic nitrogens is 1. The molecule has 0 atom stereocenters. The minimum absolute atomic E-state index is 0.110. The summed E-state index contributed by atoms with van der Waals surface area (Å²) in [5.41, 5.74) is 3.97. The molecule has 1 aliphatic carbocycles. The number of nitrogens with zero attached hydrogens (tertiary/aromatic N) is 1. The summed E-state index contributed by atoms with van der Waals surface area (Å²) < 4.78 is 18.8. The lowest BCUT2D eigenvalue weighted by Gasteiger charge is -2.10. The van der Waals surface area contributed by atoms with Crippen molar-refractivity contribution in [3.05, 3.63) is 110 Å². The van der Waals surface area contributed by atoms with Crippen LogP contribution in [0.3, 0.4) is 0 Å². The molecule has 0 radical (unpaired) electrons. The number of benzene rings is 4. The lowest BCUT2D eigenvalue weighted by Crippen LogP contribution is -2.00. The van der Waals surface area contributed by atoms with E-state index in [2.05, 4.69) is 51.8 Å². The average Bonchev–Trinajstić information content (AvgIpc) is 2.81. The Labute approximate surface area is 198 Å². The molecule has 0 fully saturated rings. The van der Waals surface area contributed by atoms with E-state index in [4.69, 9.17) is 13.9 Å². The molecule has 3 aromatic rings. The maximum atomic E-state index is 11.6. The van der Waals surface area contributed by atoms with Gasteiger partial charge in [0.25, 0.3) is 0 Å². The Morgan fingerprint density at radius 1 is 0.750 bits per heavy atom. The van der Waals surface area contributed by atoms with Gasteiger partial charge in [-0.2, -0.15) is 0 Å². The molecule has 0 unspecified atom stereocenters. The van der Waals surface area contributed by atoms with Crippen LogP contribution in [0.25, 0.3) is 22.6 Å². The molecular weight excluding hydrogens is 517 g/mol. The molecule has 5 rings (SSSR count). The van der Waals surface area contributed by atoms with Crippen LogP contribution < -0.4 is 14.9 Å². The minimum atomic E-state index is -0.110. The van der Waals surface area contributed by atoms with E-state index in [-0.39, 0.29) is 5.43 Å². The molecule has 0 amide bonds. The summed E-state index contributed by atoms with van der Waals surface area (Å²) in [5, 5.41) is 0. The van der Waals surface area contributed by atoms with Gasteiger partial charge in [-0.3, -0.25) is 4.79 Å². The molecule has 2 aliphatic rings. The van der Waals surface area contributed by atoms with Gasteiger partial charge in [-0.1, -0.05) is 24.3 Å². The van der Waals surface area contributed by atoms with Crippen molar-refractivity contribution in [2.75, 3.05) is 0 Å². The van der Waals surface area contributed by atoms with Crippen LogP contribution in [-0.2, 0) is 13.2 Å². The van der Waals surface area contributed by atoms with E-state index >= 15 is 0 Å². The Morgan fingerprint density at radius 2 is 1.41 bits per heavy atom. The molecule has 0 N–H and O–H groups in total. The zero-order valence-corrected chi connectivity index (χ0v) is 19.1. The van der Waals surface area contributed by atoms with Gasteiger partial charge in [0.15, 0.2) is 16.8 Å². The van der Waals surface area contributed by atoms with Crippen LogP contribution in [0.4, 0.5) is 0 Å². The third-order valence-electron chi connectivity index (χ3n) is 4.97. The van der Waals surface area contributed by atoms with E-state index in [1.165, 1.54) is 15.7 Å². The Hall–Kier alpha value is -3.39. The molecule has 0 saturated heterocycles. The molecule has 0 aromatic heterocycles. The summed E-state index contributed by atoms with van der Waals surface area (Å²) in [6.07, 6.45) is 0. The Bertz CT molecular complexity index is 1390. The number of rotatable bonds is 6. The molecule has 0 bridgehead atoms. The summed E-state index contributed by atoms with van der Waals surface area (Å²) in [7, 11) is 0. The van der Waals surface area contributed by atoms with Crippen molar-refractivity contribution in [1.82, 2.24) is 4.98 Å². The molecular formula is C26H18INO4. The van der Waals surface area contributed by atoms with E-state index in [0.717, 1.165) is 16.9 Å². The van der Waals surface area contributed by atoms with Gasteiger partial charge in [0, 0.05) is 15.7 Å². The van der Waals surface area contributed by atoms with E-state index in [9.17, 15) is 4.79 Å². The van der Waals surface area contributed by atoms with Crippen LogP contribution in [0.5, 0.6) is 11.5 Å². The normalized spacial score (nSPS) is 11.0. The highest BCUT2D eigenvalue weighted by Gasteiger charge is 2.10. The third kappa shape index (κ3) is 4.75. The molecule has 3 aromatic carbocycles. The van der Waals surface area contributed by atoms with Crippen molar-refractivity contribution in [2.45, 2.75) is 13.2 Å². The molecule has 5 nitrogen and oxygen atoms in total. The number of ether oxygens (including phenoxy) is 2. The monoisotopic (exact) mass is 535 g/mol. The fraction of sp³-hybridized carbons (Fsp3) is 0.0769. The summed E-state index contributed by atoms with van der Waals surface area (Å²) in [4.78, 5) is 16.1. The summed E-state index contributed by atoms with van der Waals surface area (Å²) in [6.45, 7) is 0.943. The summed E-state index contributed by atoms with van der Waals surface area (Å²) in [5.74, 6) is 1.94. The molecule has 6 heteroatoms. The first-order chi connectivity index (χ1) is 15.6. The van der Waals surface area contributed by atoms with E-state index in [1.54, 1.807) is 12.1 Å². The first-order valence-corrected chi connectivity index (χ1v) is 11.1. The number of hydrogen-bond acceptors (Lipinski definition) is 5. The van der Waals surface area contributed by atoms with E-state index in [1.807, 2.05) is 36.4 Å². The second-order valence-electron chi connectivity index (χ2n) is 7.32. The van der Waals surface area contributed by atoms with Crippen molar-refractivity contribution in [2.24, 2.45) is 0 Å². The van der Waals surface area contributed by atoms with E-state index < -0.39 is 0 Å². The van der Waals surface area contributed by atoms with Crippen LogP contribution in [0.15, 0.2) is 94.1 Å². The maximum absolute atomic E-state index is 11.6. The Morgan fingerprint density at radius 3 is 2.16 bits per heavy atom. The van der Waals surface area contributed by atoms with E-state index in [0.29, 0.717) is 41.5 Å². The minimum Gasteiger partial charge on any atom is -0.489 e.